The fourth-order valence-corrected chi connectivity index (χ4v) is 2.47. The molecular formula is C16H29N3S. The number of hydrogen-bond acceptors (Lipinski definition) is 4. The fraction of sp³-hybridized carbons (Fsp3) is 0.688. The zero-order valence-corrected chi connectivity index (χ0v) is 14.3. The van der Waals surface area contributed by atoms with Gasteiger partial charge in [0.15, 0.2) is 0 Å². The third-order valence-corrected chi connectivity index (χ3v) is 4.15. The highest BCUT2D eigenvalue weighted by Crippen LogP contribution is 2.10. The molecule has 0 saturated heterocycles. The van der Waals surface area contributed by atoms with E-state index in [1.54, 1.807) is 0 Å². The normalized spacial score (nSPS) is 13.2. The van der Waals surface area contributed by atoms with Crippen molar-refractivity contribution < 1.29 is 0 Å². The summed E-state index contributed by atoms with van der Waals surface area (Å²) in [6, 6.07) is 5.44. The van der Waals surface area contributed by atoms with Crippen molar-refractivity contribution >= 4 is 11.8 Å². The monoisotopic (exact) mass is 295 g/mol. The second-order valence-corrected chi connectivity index (χ2v) is 6.72. The molecule has 1 rings (SSSR count). The summed E-state index contributed by atoms with van der Waals surface area (Å²) in [4.78, 5) is 6.95. The van der Waals surface area contributed by atoms with Gasteiger partial charge in [-0.3, -0.25) is 9.88 Å². The van der Waals surface area contributed by atoms with Crippen LogP contribution in [0.2, 0.25) is 0 Å². The third-order valence-electron chi connectivity index (χ3n) is 3.50. The van der Waals surface area contributed by atoms with Crippen LogP contribution in [0.4, 0.5) is 0 Å². The summed E-state index contributed by atoms with van der Waals surface area (Å²) in [7, 11) is 2.18. The lowest BCUT2D eigenvalue weighted by atomic mass is 10.2. The average Bonchev–Trinajstić information content (AvgIpc) is 2.43. The van der Waals surface area contributed by atoms with Crippen LogP contribution in [-0.2, 0) is 13.1 Å². The highest BCUT2D eigenvalue weighted by Gasteiger charge is 2.09. The van der Waals surface area contributed by atoms with E-state index in [9.17, 15) is 0 Å². The predicted molar refractivity (Wildman–Crippen MR) is 90.1 cm³/mol. The molecule has 0 fully saturated rings. The van der Waals surface area contributed by atoms with E-state index in [2.05, 4.69) is 61.4 Å². The van der Waals surface area contributed by atoms with E-state index in [4.69, 9.17) is 0 Å². The Kier molecular flexibility index (Phi) is 8.19. The van der Waals surface area contributed by atoms with Crippen molar-refractivity contribution in [3.8, 4) is 0 Å². The lowest BCUT2D eigenvalue weighted by Crippen LogP contribution is -2.29. The Labute approximate surface area is 128 Å². The smallest absolute Gasteiger partial charge is 0.0544 e. The van der Waals surface area contributed by atoms with Gasteiger partial charge in [0.2, 0.25) is 0 Å². The largest absolute Gasteiger partial charge is 0.310 e. The van der Waals surface area contributed by atoms with E-state index >= 15 is 0 Å². The van der Waals surface area contributed by atoms with E-state index in [1.165, 1.54) is 17.7 Å². The van der Waals surface area contributed by atoms with Crippen molar-refractivity contribution in [2.24, 2.45) is 0 Å². The average molecular weight is 295 g/mol. The van der Waals surface area contributed by atoms with Gasteiger partial charge in [0.05, 0.1) is 5.69 Å². The minimum Gasteiger partial charge on any atom is -0.310 e. The minimum absolute atomic E-state index is 0.512. The second-order valence-electron chi connectivity index (χ2n) is 5.74. The number of hydrogen-bond donors (Lipinski definition) is 1. The Morgan fingerprint density at radius 1 is 1.30 bits per heavy atom. The molecule has 3 nitrogen and oxygen atoms in total. The van der Waals surface area contributed by atoms with E-state index in [0.717, 1.165) is 18.8 Å². The van der Waals surface area contributed by atoms with Crippen LogP contribution in [0.3, 0.4) is 0 Å². The Hall–Kier alpha value is -0.580. The van der Waals surface area contributed by atoms with Gasteiger partial charge in [0.1, 0.15) is 0 Å². The molecule has 0 radical (unpaired) electrons. The molecule has 1 N–H and O–H groups in total. The maximum atomic E-state index is 4.57. The van der Waals surface area contributed by atoms with Crippen LogP contribution in [-0.4, -0.2) is 41.0 Å². The van der Waals surface area contributed by atoms with E-state index < -0.39 is 0 Å². The maximum Gasteiger partial charge on any atom is 0.0544 e. The van der Waals surface area contributed by atoms with Gasteiger partial charge in [-0.2, -0.15) is 11.8 Å². The zero-order chi connectivity index (χ0) is 15.0. The van der Waals surface area contributed by atoms with Crippen LogP contribution in [0.1, 0.15) is 38.4 Å². The first-order valence-electron chi connectivity index (χ1n) is 7.39. The highest BCUT2D eigenvalue weighted by molar-refractivity contribution is 7.98. The Bertz CT molecular complexity index is 364. The third kappa shape index (κ3) is 6.73. The summed E-state index contributed by atoms with van der Waals surface area (Å²) in [5, 5.41) is 3.41. The summed E-state index contributed by atoms with van der Waals surface area (Å²) < 4.78 is 0. The number of pyridine rings is 1. The van der Waals surface area contributed by atoms with Crippen molar-refractivity contribution in [2.75, 3.05) is 19.1 Å². The van der Waals surface area contributed by atoms with Gasteiger partial charge in [-0.05, 0) is 44.0 Å². The molecule has 0 aliphatic heterocycles. The summed E-state index contributed by atoms with van der Waals surface area (Å²) in [5.41, 5.74) is 2.40. The van der Waals surface area contributed by atoms with Crippen LogP contribution >= 0.6 is 11.8 Å². The molecule has 1 aromatic heterocycles. The molecule has 1 heterocycles. The zero-order valence-electron chi connectivity index (χ0n) is 13.5. The minimum atomic E-state index is 0.512. The molecule has 1 aromatic rings. The second kappa shape index (κ2) is 9.37. The van der Waals surface area contributed by atoms with Crippen LogP contribution in [0.5, 0.6) is 0 Å². The van der Waals surface area contributed by atoms with Gasteiger partial charge in [-0.25, -0.2) is 0 Å². The molecule has 0 aliphatic carbocycles. The van der Waals surface area contributed by atoms with E-state index in [0.29, 0.717) is 12.1 Å². The van der Waals surface area contributed by atoms with E-state index in [-0.39, 0.29) is 0 Å². The predicted octanol–water partition coefficient (Wildman–Crippen LogP) is 3.15. The first-order chi connectivity index (χ1) is 9.52. The topological polar surface area (TPSA) is 28.2 Å². The number of nitrogens with zero attached hydrogens (tertiary/aromatic N) is 2. The SMILES string of the molecule is CSCCC(C)N(C)Cc1ccc(CNC(C)C)cn1. The standard InChI is InChI=1S/C16H29N3S/c1-13(2)17-10-15-6-7-16(18-11-15)12-19(4)14(3)8-9-20-5/h6-7,11,13-14,17H,8-10,12H2,1-5H3. The van der Waals surface area contributed by atoms with Gasteiger partial charge < -0.3 is 5.32 Å². The van der Waals surface area contributed by atoms with Gasteiger partial charge in [-0.15, -0.1) is 0 Å². The summed E-state index contributed by atoms with van der Waals surface area (Å²) in [6.45, 7) is 8.43. The van der Waals surface area contributed by atoms with Gasteiger partial charge in [-0.1, -0.05) is 19.9 Å². The molecule has 20 heavy (non-hydrogen) atoms. The number of nitrogens with one attached hydrogen (secondary N) is 1. The van der Waals surface area contributed by atoms with Crippen LogP contribution in [0, 0.1) is 0 Å². The molecule has 1 unspecified atom stereocenters. The molecule has 114 valence electrons. The first-order valence-corrected chi connectivity index (χ1v) is 8.78. The van der Waals surface area contributed by atoms with Crippen molar-refractivity contribution in [2.45, 2.75) is 52.4 Å². The number of thioether (sulfide) groups is 1. The Balaban J connectivity index is 2.44. The quantitative estimate of drug-likeness (QED) is 0.757. The molecule has 0 bridgehead atoms. The molecule has 0 spiro atoms. The first kappa shape index (κ1) is 17.5. The molecule has 4 heteroatoms. The fourth-order valence-electron chi connectivity index (χ4n) is 1.90. The highest BCUT2D eigenvalue weighted by atomic mass is 32.2. The van der Waals surface area contributed by atoms with Crippen molar-refractivity contribution in [3.05, 3.63) is 29.6 Å². The van der Waals surface area contributed by atoms with E-state index in [1.807, 2.05) is 18.0 Å². The molecule has 1 atom stereocenters. The molecule has 0 saturated carbocycles. The maximum absolute atomic E-state index is 4.57. The van der Waals surface area contributed by atoms with Crippen LogP contribution < -0.4 is 5.32 Å². The van der Waals surface area contributed by atoms with Gasteiger partial charge in [0.25, 0.3) is 0 Å². The van der Waals surface area contributed by atoms with Crippen LogP contribution in [0.25, 0.3) is 0 Å². The Morgan fingerprint density at radius 2 is 2.05 bits per heavy atom. The summed E-state index contributed by atoms with van der Waals surface area (Å²) in [5.74, 6) is 1.22. The van der Waals surface area contributed by atoms with Crippen molar-refractivity contribution in [1.29, 1.82) is 0 Å². The number of rotatable bonds is 9. The summed E-state index contributed by atoms with van der Waals surface area (Å²) in [6.07, 6.45) is 5.39. The molecule has 0 amide bonds. The summed E-state index contributed by atoms with van der Waals surface area (Å²) >= 11 is 1.91. The Morgan fingerprint density at radius 3 is 2.60 bits per heavy atom. The van der Waals surface area contributed by atoms with Gasteiger partial charge >= 0.3 is 0 Å². The van der Waals surface area contributed by atoms with Crippen molar-refractivity contribution in [3.63, 3.8) is 0 Å². The lowest BCUT2D eigenvalue weighted by Gasteiger charge is -2.24. The molecular weight excluding hydrogens is 266 g/mol. The van der Waals surface area contributed by atoms with Gasteiger partial charge in [0, 0.05) is 31.4 Å². The molecule has 0 aromatic carbocycles. The lowest BCUT2D eigenvalue weighted by molar-refractivity contribution is 0.242. The van der Waals surface area contributed by atoms with Crippen LogP contribution in [0.15, 0.2) is 18.3 Å². The molecule has 0 aliphatic rings. The van der Waals surface area contributed by atoms with Crippen molar-refractivity contribution in [1.82, 2.24) is 15.2 Å². The number of aromatic nitrogens is 1.